The van der Waals surface area contributed by atoms with Crippen LogP contribution in [0.4, 0.5) is 0 Å². The highest BCUT2D eigenvalue weighted by molar-refractivity contribution is 6.30. The molecule has 0 saturated heterocycles. The van der Waals surface area contributed by atoms with Crippen LogP contribution in [0, 0.1) is 30.6 Å². The van der Waals surface area contributed by atoms with Crippen molar-refractivity contribution >= 4 is 129 Å². The number of unbranched alkanes of at least 4 members (excludes halogenated alkanes) is 2. The van der Waals surface area contributed by atoms with Crippen LogP contribution in [0.25, 0.3) is 0 Å². The molecule has 0 aliphatic carbocycles. The van der Waals surface area contributed by atoms with Crippen LogP contribution in [-0.4, -0.2) is 192 Å². The van der Waals surface area contributed by atoms with E-state index in [1.165, 1.54) is 6.92 Å². The number of carbonyl (C=O) groups is 20. The lowest BCUT2D eigenvalue weighted by Gasteiger charge is -2.23. The van der Waals surface area contributed by atoms with Crippen molar-refractivity contribution in [1.29, 1.82) is 0 Å². The van der Waals surface area contributed by atoms with E-state index in [9.17, 15) is 95.9 Å². The average Bonchev–Trinajstić information content (AvgIpc) is 0.846. The highest BCUT2D eigenvalue weighted by atomic mass is 35.5. The van der Waals surface area contributed by atoms with Gasteiger partial charge in [-0.05, 0) is 167 Å². The molecule has 12 atom stereocenters. The lowest BCUT2D eigenvalue weighted by molar-refractivity contribution is -0.133. The van der Waals surface area contributed by atoms with E-state index in [2.05, 4.69) is 42.5 Å². The molecule has 9 aromatic rings. The van der Waals surface area contributed by atoms with Crippen molar-refractivity contribution < 1.29 is 95.9 Å². The second-order valence-corrected chi connectivity index (χ2v) is 36.7. The third kappa shape index (κ3) is 46.1. The second-order valence-electron chi connectivity index (χ2n) is 36.3. The molecule has 0 radical (unpaired) electrons. The fourth-order valence-electron chi connectivity index (χ4n) is 15.5. The van der Waals surface area contributed by atoms with Gasteiger partial charge in [0.15, 0.2) is 23.1 Å². The quantitative estimate of drug-likeness (QED) is 0.0196. The van der Waals surface area contributed by atoms with Crippen LogP contribution in [0.15, 0.2) is 261 Å². The van der Waals surface area contributed by atoms with Crippen molar-refractivity contribution in [2.45, 2.75) is 191 Å². The maximum atomic E-state index is 13.7. The van der Waals surface area contributed by atoms with Crippen LogP contribution in [0.2, 0.25) is 5.02 Å². The Kier molecular flexibility index (Phi) is 52.3. The molecule has 24 N–H and O–H groups in total. The predicted molar refractivity (Wildman–Crippen MR) is 561 cm³/mol. The molecule has 0 unspecified atom stereocenters. The Hall–Kier alpha value is -16.6. The maximum Gasteiger partial charge on any atom is 0.251 e. The Morgan fingerprint density at radius 1 is 0.268 bits per heavy atom. The molecule has 9 aromatic carbocycles. The van der Waals surface area contributed by atoms with Gasteiger partial charge in [-0.2, -0.15) is 0 Å². The fraction of sp³-hybridized carbons (Fsp3) is 0.333. The molecule has 16 amide bonds. The molecule has 37 nitrogen and oxygen atoms in total. The molecule has 0 aromatic heterocycles. The van der Waals surface area contributed by atoms with Gasteiger partial charge in [0.2, 0.25) is 70.9 Å². The van der Waals surface area contributed by atoms with Crippen molar-refractivity contribution in [2.75, 3.05) is 20.6 Å². The Balaban J connectivity index is 0.000000304. The summed E-state index contributed by atoms with van der Waals surface area (Å²) in [5.74, 6) is -15.5. The first-order valence-corrected chi connectivity index (χ1v) is 49.0. The second kappa shape index (κ2) is 64.3. The zero-order valence-corrected chi connectivity index (χ0v) is 84.8. The van der Waals surface area contributed by atoms with Crippen molar-refractivity contribution in [1.82, 2.24) is 47.4 Å². The number of amides is 16. The molecule has 0 saturated carbocycles. The number of nitrogens with zero attached hydrogens (tertiary/aromatic N) is 1. The number of carbonyl (C=O) groups excluding carboxylic acids is 20. The standard InChI is InChI=1S/C31H34N4O5.C29H38ClN5O5.C27H34N4O5.C24H28N4O5/c1-20-12-14-22(15-13-20)16-24(31(40)35-26(29(33)38)19-28(32)37)18-27(36)25(17-21-8-4-2-5-9-21)34-30(39)23-10-6-3-7-11-23;1-35(2)15-7-6-10-21(29(40)34-24(27(32)38)18-26(31)37)17-25(36)23(16-19-11-13-22(30)14-12-19)33-28(39)20-8-4-3-5-9-20;1-2-3-12-20(27(36)31-22(25(29)34)17-24(28)33)16-23(32)21(15-18-10-6-4-7-11-18)30-26(35)19-13-8-5-9-14-19;1-15(23(32)28-19(22(26)31)14-21(25)30)12-20(29)18(13-16-8-4-2-5-9-16)27-24(33)17-10-6-3-7-11-17/h2-15,24-26H,16-19H2,1H3,(H2,32,37)(H2,33,38)(H,34,39)(H,35,40);3-5,8-9,11-14,21,23-24H,6-7,10,15-18H2,1-2H3,(H2,31,37)(H2,32,38)(H,33,39)(H,34,40);4-11,13-14,20-22H,2-3,12,15-17H2,1H3,(H2,28,33)(H2,29,34)(H,30,35)(H,31,36);2-11,15,18-19H,12-14H2,1H3,(H2,25,30)(H2,26,31)(H,27,33)(H,28,32)/t24-,25+,26+;21-,23+,24+;20-,21+,22+;15-,18+,19+/m1111/s1. The summed E-state index contributed by atoms with van der Waals surface area (Å²) >= 11 is 6.01. The molecule has 9 rings (SSSR count). The number of ketones is 4. The number of hydrogen-bond acceptors (Lipinski definition) is 21. The summed E-state index contributed by atoms with van der Waals surface area (Å²) in [6, 6.07) is 67.5. The largest absolute Gasteiger partial charge is 0.370 e. The van der Waals surface area contributed by atoms with Gasteiger partial charge in [-0.15, -0.1) is 0 Å². The third-order valence-electron chi connectivity index (χ3n) is 23.7. The van der Waals surface area contributed by atoms with E-state index in [4.69, 9.17) is 57.5 Å². The van der Waals surface area contributed by atoms with Gasteiger partial charge >= 0.3 is 0 Å². The molecule has 38 heteroatoms. The molecule has 0 spiro atoms. The molecular weight excluding hydrogens is 1930 g/mol. The number of halogens is 1. The summed E-state index contributed by atoms with van der Waals surface area (Å²) in [7, 11) is 3.87. The number of hydrogen-bond donors (Lipinski definition) is 16. The van der Waals surface area contributed by atoms with E-state index in [0.717, 1.165) is 52.8 Å². The van der Waals surface area contributed by atoms with Gasteiger partial charge in [-0.25, -0.2) is 0 Å². The summed E-state index contributed by atoms with van der Waals surface area (Å²) < 4.78 is 0. The highest BCUT2D eigenvalue weighted by Crippen LogP contribution is 2.25. The zero-order chi connectivity index (χ0) is 110. The molecule has 0 aliphatic rings. The minimum atomic E-state index is -1.31. The van der Waals surface area contributed by atoms with Gasteiger partial charge in [-0.3, -0.25) is 95.9 Å². The first-order valence-electron chi connectivity index (χ1n) is 48.6. The van der Waals surface area contributed by atoms with Gasteiger partial charge < -0.3 is 93.3 Å². The number of rotatable bonds is 58. The first kappa shape index (κ1) is 121. The van der Waals surface area contributed by atoms with Crippen LogP contribution in [0.1, 0.15) is 179 Å². The monoisotopic (exact) mass is 2060 g/mol. The number of primary amides is 8. The number of Topliss-reactive ketones (excluding diaryl/α,β-unsaturated/α-hetero) is 4. The van der Waals surface area contributed by atoms with Crippen LogP contribution in [0.3, 0.4) is 0 Å². The topological polar surface area (TPSA) is 649 Å². The summed E-state index contributed by atoms with van der Waals surface area (Å²) in [5.41, 5.74) is 48.7. The Morgan fingerprint density at radius 3 is 0.785 bits per heavy atom. The van der Waals surface area contributed by atoms with E-state index in [1.54, 1.807) is 146 Å². The summed E-state index contributed by atoms with van der Waals surface area (Å²) in [4.78, 5) is 251. The predicted octanol–water partition coefficient (Wildman–Crippen LogP) is 5.94. The minimum absolute atomic E-state index is 0.152. The minimum Gasteiger partial charge on any atom is -0.370 e. The molecular formula is C111H134ClN17O20. The van der Waals surface area contributed by atoms with Crippen molar-refractivity contribution in [3.63, 3.8) is 0 Å². The fourth-order valence-corrected chi connectivity index (χ4v) is 15.6. The van der Waals surface area contributed by atoms with Crippen LogP contribution in [-0.2, 0) is 109 Å². The normalized spacial score (nSPS) is 13.1. The van der Waals surface area contributed by atoms with E-state index >= 15 is 0 Å². The maximum absolute atomic E-state index is 13.7. The van der Waals surface area contributed by atoms with Gasteiger partial charge in [0.05, 0.1) is 49.9 Å². The van der Waals surface area contributed by atoms with E-state index in [0.29, 0.717) is 53.0 Å². The van der Waals surface area contributed by atoms with Crippen molar-refractivity contribution in [3.05, 3.63) is 322 Å². The van der Waals surface area contributed by atoms with E-state index < -0.39 is 192 Å². The van der Waals surface area contributed by atoms with Gasteiger partial charge in [0, 0.05) is 76.6 Å². The average molecular weight is 2060 g/mol. The molecule has 0 bridgehead atoms. The molecule has 790 valence electrons. The van der Waals surface area contributed by atoms with E-state index in [1.807, 2.05) is 148 Å². The zero-order valence-electron chi connectivity index (χ0n) is 84.0. The smallest absolute Gasteiger partial charge is 0.251 e. The highest BCUT2D eigenvalue weighted by Gasteiger charge is 2.37. The molecule has 0 aliphatic heterocycles. The van der Waals surface area contributed by atoms with Gasteiger partial charge in [0.25, 0.3) is 23.6 Å². The van der Waals surface area contributed by atoms with Gasteiger partial charge in [-0.1, -0.05) is 250 Å². The molecule has 0 fully saturated rings. The molecule has 149 heavy (non-hydrogen) atoms. The van der Waals surface area contributed by atoms with Crippen LogP contribution in [0.5, 0.6) is 0 Å². The third-order valence-corrected chi connectivity index (χ3v) is 24.0. The van der Waals surface area contributed by atoms with Crippen molar-refractivity contribution in [3.8, 4) is 0 Å². The number of nitrogens with one attached hydrogen (secondary N) is 8. The van der Waals surface area contributed by atoms with Crippen molar-refractivity contribution in [2.24, 2.45) is 69.5 Å². The van der Waals surface area contributed by atoms with Gasteiger partial charge in [0.1, 0.15) is 24.2 Å². The lowest BCUT2D eigenvalue weighted by atomic mass is 9.89. The first-order chi connectivity index (χ1) is 70.9. The Labute approximate surface area is 870 Å². The number of aryl methyl sites for hydroxylation is 1. The number of benzene rings is 9. The lowest BCUT2D eigenvalue weighted by Crippen LogP contribution is -2.50. The summed E-state index contributed by atoms with van der Waals surface area (Å²) in [6.07, 6.45) is 2.18. The van der Waals surface area contributed by atoms with Crippen LogP contribution >= 0.6 is 11.6 Å². The summed E-state index contributed by atoms with van der Waals surface area (Å²) in [6.45, 7) is 6.19. The Bertz CT molecular complexity index is 5970. The van der Waals surface area contributed by atoms with E-state index in [-0.39, 0.29) is 80.9 Å². The SMILES string of the molecule is CCCC[C@H](CC(=O)[C@H](Cc1ccccc1)NC(=O)c1ccccc1)C(=O)N[C@@H](CC(N)=O)C(N)=O.CN(C)CCCC[C@H](CC(=O)[C@H](Cc1ccc(Cl)cc1)NC(=O)c1ccccc1)C(=O)N[C@@H](CC(N)=O)C(N)=O.C[C@H](CC(=O)[C@H](Cc1ccccc1)NC(=O)c1ccccc1)C(=O)N[C@@H](CC(N)=O)C(N)=O.Cc1ccc(C[C@H](CC(=O)[C@H](Cc2ccccc2)NC(=O)c2ccccc2)C(=O)N[C@@H](CC(N)=O)C(N)=O)cc1. The molecule has 0 heterocycles. The Morgan fingerprint density at radius 2 is 0.510 bits per heavy atom. The van der Waals surface area contributed by atoms with Crippen LogP contribution < -0.4 is 88.4 Å². The number of nitrogens with two attached hydrogens (primary N) is 8. The summed E-state index contributed by atoms with van der Waals surface area (Å²) in [5, 5.41) is 21.5.